The van der Waals surface area contributed by atoms with Crippen LogP contribution in [0.4, 0.5) is 5.69 Å². The maximum absolute atomic E-state index is 4.34. The van der Waals surface area contributed by atoms with Gasteiger partial charge in [0.05, 0.1) is 24.1 Å². The van der Waals surface area contributed by atoms with Crippen LogP contribution in [0.15, 0.2) is 30.7 Å². The lowest BCUT2D eigenvalue weighted by Gasteiger charge is -2.06. The van der Waals surface area contributed by atoms with Crippen molar-refractivity contribution in [2.24, 2.45) is 0 Å². The fraction of sp³-hybridized carbons (Fsp3) is 0.167. The number of aromatic nitrogens is 5. The summed E-state index contributed by atoms with van der Waals surface area (Å²) in [5.41, 5.74) is 3.67. The monoisotopic (exact) mass is 240 g/mol. The van der Waals surface area contributed by atoms with Gasteiger partial charge in [-0.05, 0) is 19.1 Å². The molecule has 0 amide bonds. The number of nitrogens with one attached hydrogen (secondary N) is 2. The van der Waals surface area contributed by atoms with Crippen molar-refractivity contribution in [2.75, 3.05) is 5.32 Å². The first-order valence-corrected chi connectivity index (χ1v) is 5.63. The quantitative estimate of drug-likeness (QED) is 0.728. The molecular weight excluding hydrogens is 228 g/mol. The van der Waals surface area contributed by atoms with E-state index in [1.165, 1.54) is 0 Å². The molecule has 3 rings (SSSR count). The standard InChI is InChI=1S/C12H12N6/c1-8-13-4-2-9(17-8)6-15-10-3-5-14-11-7-16-18-12(10)11/h2-5,7H,6H2,1H3,(H,14,15)(H,16,18). The van der Waals surface area contributed by atoms with Crippen molar-refractivity contribution < 1.29 is 0 Å². The molecule has 3 aromatic heterocycles. The van der Waals surface area contributed by atoms with Crippen LogP contribution in [0.3, 0.4) is 0 Å². The molecule has 0 radical (unpaired) electrons. The Labute approximate surface area is 104 Å². The van der Waals surface area contributed by atoms with Crippen molar-refractivity contribution in [2.45, 2.75) is 13.5 Å². The highest BCUT2D eigenvalue weighted by Gasteiger charge is 2.03. The molecule has 0 aliphatic carbocycles. The van der Waals surface area contributed by atoms with Crippen molar-refractivity contribution in [1.29, 1.82) is 0 Å². The number of nitrogens with zero attached hydrogens (tertiary/aromatic N) is 4. The van der Waals surface area contributed by atoms with Gasteiger partial charge in [-0.2, -0.15) is 5.10 Å². The molecule has 0 aliphatic heterocycles. The highest BCUT2D eigenvalue weighted by Crippen LogP contribution is 2.18. The van der Waals surface area contributed by atoms with Gasteiger partial charge in [0.15, 0.2) is 0 Å². The minimum atomic E-state index is 0.640. The second kappa shape index (κ2) is 4.40. The predicted octanol–water partition coefficient (Wildman–Crippen LogP) is 1.67. The molecule has 3 heterocycles. The number of pyridine rings is 1. The minimum Gasteiger partial charge on any atom is -0.378 e. The molecule has 3 aromatic rings. The van der Waals surface area contributed by atoms with Gasteiger partial charge < -0.3 is 5.32 Å². The maximum Gasteiger partial charge on any atom is 0.125 e. The van der Waals surface area contributed by atoms with Crippen LogP contribution in [-0.4, -0.2) is 25.1 Å². The van der Waals surface area contributed by atoms with Crippen LogP contribution < -0.4 is 5.32 Å². The highest BCUT2D eigenvalue weighted by atomic mass is 15.1. The van der Waals surface area contributed by atoms with Gasteiger partial charge in [0.25, 0.3) is 0 Å². The van der Waals surface area contributed by atoms with E-state index in [2.05, 4.69) is 30.5 Å². The Hall–Kier alpha value is -2.50. The molecule has 0 unspecified atom stereocenters. The summed E-state index contributed by atoms with van der Waals surface area (Å²) >= 11 is 0. The fourth-order valence-electron chi connectivity index (χ4n) is 1.79. The van der Waals surface area contributed by atoms with Gasteiger partial charge in [-0.1, -0.05) is 0 Å². The minimum absolute atomic E-state index is 0.640. The third-order valence-electron chi connectivity index (χ3n) is 2.64. The molecule has 2 N–H and O–H groups in total. The number of fused-ring (bicyclic) bond motifs is 1. The van der Waals surface area contributed by atoms with E-state index in [1.54, 1.807) is 18.6 Å². The summed E-state index contributed by atoms with van der Waals surface area (Å²) in [6.45, 7) is 2.52. The van der Waals surface area contributed by atoms with Crippen molar-refractivity contribution in [3.05, 3.63) is 42.2 Å². The number of hydrogen-bond acceptors (Lipinski definition) is 5. The summed E-state index contributed by atoms with van der Waals surface area (Å²) in [5, 5.41) is 10.2. The summed E-state index contributed by atoms with van der Waals surface area (Å²) in [7, 11) is 0. The number of aromatic amines is 1. The van der Waals surface area contributed by atoms with Gasteiger partial charge >= 0.3 is 0 Å². The Morgan fingerprint density at radius 2 is 2.11 bits per heavy atom. The van der Waals surface area contributed by atoms with E-state index in [9.17, 15) is 0 Å². The lowest BCUT2D eigenvalue weighted by Crippen LogP contribution is -2.03. The molecular formula is C12H12N6. The van der Waals surface area contributed by atoms with Crippen LogP contribution in [0.2, 0.25) is 0 Å². The van der Waals surface area contributed by atoms with Crippen molar-refractivity contribution in [3.8, 4) is 0 Å². The molecule has 0 spiro atoms. The number of rotatable bonds is 3. The molecule has 0 saturated carbocycles. The number of anilines is 1. The van der Waals surface area contributed by atoms with Crippen molar-refractivity contribution in [1.82, 2.24) is 25.1 Å². The largest absolute Gasteiger partial charge is 0.378 e. The highest BCUT2D eigenvalue weighted by molar-refractivity contribution is 5.86. The van der Waals surface area contributed by atoms with Gasteiger partial charge in [0.1, 0.15) is 16.9 Å². The van der Waals surface area contributed by atoms with Crippen LogP contribution in [0.1, 0.15) is 11.5 Å². The van der Waals surface area contributed by atoms with Crippen molar-refractivity contribution >= 4 is 16.7 Å². The van der Waals surface area contributed by atoms with E-state index in [0.717, 1.165) is 28.2 Å². The van der Waals surface area contributed by atoms with E-state index in [1.807, 2.05) is 19.1 Å². The summed E-state index contributed by atoms with van der Waals surface area (Å²) in [6.07, 6.45) is 5.22. The molecule has 18 heavy (non-hydrogen) atoms. The smallest absolute Gasteiger partial charge is 0.125 e. The lowest BCUT2D eigenvalue weighted by atomic mass is 10.3. The van der Waals surface area contributed by atoms with E-state index in [-0.39, 0.29) is 0 Å². The average molecular weight is 240 g/mol. The third kappa shape index (κ3) is 2.00. The van der Waals surface area contributed by atoms with E-state index in [4.69, 9.17) is 0 Å². The molecule has 0 saturated heterocycles. The zero-order chi connectivity index (χ0) is 12.4. The number of hydrogen-bond donors (Lipinski definition) is 2. The third-order valence-corrected chi connectivity index (χ3v) is 2.64. The van der Waals surface area contributed by atoms with Gasteiger partial charge in [-0.15, -0.1) is 0 Å². The van der Waals surface area contributed by atoms with Crippen LogP contribution >= 0.6 is 0 Å². The Balaban J connectivity index is 1.83. The molecule has 6 nitrogen and oxygen atoms in total. The van der Waals surface area contributed by atoms with Gasteiger partial charge in [-0.3, -0.25) is 10.1 Å². The van der Waals surface area contributed by atoms with Gasteiger partial charge in [-0.25, -0.2) is 9.97 Å². The molecule has 90 valence electrons. The Bertz CT molecular complexity index is 675. The average Bonchev–Trinajstić information content (AvgIpc) is 2.85. The Morgan fingerprint density at radius 1 is 1.22 bits per heavy atom. The zero-order valence-corrected chi connectivity index (χ0v) is 9.88. The van der Waals surface area contributed by atoms with Crippen LogP contribution in [0.5, 0.6) is 0 Å². The summed E-state index contributed by atoms with van der Waals surface area (Å²) in [5.74, 6) is 0.774. The van der Waals surface area contributed by atoms with Crippen LogP contribution in [0.25, 0.3) is 11.0 Å². The van der Waals surface area contributed by atoms with Crippen LogP contribution in [-0.2, 0) is 6.54 Å². The topological polar surface area (TPSA) is 79.4 Å². The molecule has 0 fully saturated rings. The molecule has 6 heteroatoms. The number of H-pyrrole nitrogens is 1. The van der Waals surface area contributed by atoms with Crippen molar-refractivity contribution in [3.63, 3.8) is 0 Å². The maximum atomic E-state index is 4.34. The summed E-state index contributed by atoms with van der Waals surface area (Å²) in [4.78, 5) is 12.6. The summed E-state index contributed by atoms with van der Waals surface area (Å²) < 4.78 is 0. The Kier molecular flexibility index (Phi) is 2.60. The zero-order valence-electron chi connectivity index (χ0n) is 9.88. The first-order valence-electron chi connectivity index (χ1n) is 5.63. The molecule has 0 aliphatic rings. The predicted molar refractivity (Wildman–Crippen MR) is 68.0 cm³/mol. The molecule has 0 bridgehead atoms. The number of aryl methyl sites for hydroxylation is 1. The summed E-state index contributed by atoms with van der Waals surface area (Å²) in [6, 6.07) is 3.81. The van der Waals surface area contributed by atoms with Gasteiger partial charge in [0, 0.05) is 12.4 Å². The molecule has 0 aromatic carbocycles. The second-order valence-electron chi connectivity index (χ2n) is 3.94. The second-order valence-corrected chi connectivity index (χ2v) is 3.94. The first kappa shape index (κ1) is 10.6. The van der Waals surface area contributed by atoms with Gasteiger partial charge in [0.2, 0.25) is 0 Å². The Morgan fingerprint density at radius 3 is 3.00 bits per heavy atom. The molecule has 0 atom stereocenters. The van der Waals surface area contributed by atoms with E-state index < -0.39 is 0 Å². The fourth-order valence-corrected chi connectivity index (χ4v) is 1.79. The van der Waals surface area contributed by atoms with E-state index in [0.29, 0.717) is 6.54 Å². The SMILES string of the molecule is Cc1nccc(CNc2ccnc3cn[nH]c23)n1. The van der Waals surface area contributed by atoms with E-state index >= 15 is 0 Å². The van der Waals surface area contributed by atoms with Crippen LogP contribution in [0, 0.1) is 6.92 Å². The first-order chi connectivity index (χ1) is 8.83. The normalized spacial score (nSPS) is 10.7. The lowest BCUT2D eigenvalue weighted by molar-refractivity contribution is 0.955.